The molecule has 5 aromatic rings. The zero-order valence-electron chi connectivity index (χ0n) is 27.9. The standard InChI is InChI=1S/C39H44N6O3/c1-41(20-21-48-2)38(46)37-27-42(26-36(37)35-13-7-11-31-9-5-6-12-34(31)35)25-33-22-40-28-45(33)23-29-14-17-43(18-15-29)39(47)44-19-16-30-8-3-4-10-32(30)24-44/h3-13,22,26-29H,14-21,23-25H2,1-2H3. The molecule has 2 aliphatic heterocycles. The number of hydrogen-bond donors (Lipinski definition) is 0. The first-order valence-electron chi connectivity index (χ1n) is 17.0. The topological polar surface area (TPSA) is 75.8 Å². The molecule has 0 radical (unpaired) electrons. The highest BCUT2D eigenvalue weighted by Crippen LogP contribution is 2.33. The first-order chi connectivity index (χ1) is 23.5. The van der Waals surface area contributed by atoms with Crippen LogP contribution in [0.1, 0.15) is 40.0 Å². The SMILES string of the molecule is COCCN(C)C(=O)c1cn(Cc2cncn2CC2CCN(C(=O)N3CCc4ccccc4C3)CC2)cc1-c1cccc2ccccc12. The van der Waals surface area contributed by atoms with E-state index in [1.54, 1.807) is 12.0 Å². The Balaban J connectivity index is 1.04. The van der Waals surface area contributed by atoms with Crippen LogP contribution in [0.4, 0.5) is 4.79 Å². The summed E-state index contributed by atoms with van der Waals surface area (Å²) in [7, 11) is 3.47. The van der Waals surface area contributed by atoms with Gasteiger partial charge < -0.3 is 28.6 Å². The maximum Gasteiger partial charge on any atom is 0.320 e. The van der Waals surface area contributed by atoms with E-state index < -0.39 is 0 Å². The molecule has 0 spiro atoms. The summed E-state index contributed by atoms with van der Waals surface area (Å²) in [5.74, 6) is 0.434. The van der Waals surface area contributed by atoms with Crippen LogP contribution in [-0.4, -0.2) is 87.7 Å². The molecule has 3 aromatic carbocycles. The van der Waals surface area contributed by atoms with Crippen LogP contribution in [0.25, 0.3) is 21.9 Å². The number of likely N-dealkylation sites (N-methyl/N-ethyl adjacent to an activating group) is 1. The van der Waals surface area contributed by atoms with E-state index in [9.17, 15) is 9.59 Å². The van der Waals surface area contributed by atoms with Crippen molar-refractivity contribution in [1.82, 2.24) is 28.8 Å². The number of ether oxygens (including phenoxy) is 1. The Kier molecular flexibility index (Phi) is 9.29. The van der Waals surface area contributed by atoms with Crippen LogP contribution in [-0.2, 0) is 30.8 Å². The number of methoxy groups -OCH3 is 1. The molecular formula is C39H44N6O3. The lowest BCUT2D eigenvalue weighted by Crippen LogP contribution is -2.48. The van der Waals surface area contributed by atoms with Gasteiger partial charge in [0.1, 0.15) is 0 Å². The number of piperidine rings is 1. The predicted octanol–water partition coefficient (Wildman–Crippen LogP) is 6.16. The van der Waals surface area contributed by atoms with Gasteiger partial charge in [-0.15, -0.1) is 0 Å². The third-order valence-electron chi connectivity index (χ3n) is 10.1. The number of fused-ring (bicyclic) bond motifs is 2. The molecule has 2 aromatic heterocycles. The van der Waals surface area contributed by atoms with Crippen LogP contribution in [0.2, 0.25) is 0 Å². The van der Waals surface area contributed by atoms with Gasteiger partial charge in [0, 0.05) is 77.6 Å². The van der Waals surface area contributed by atoms with Gasteiger partial charge in [-0.25, -0.2) is 9.78 Å². The molecule has 0 aliphatic carbocycles. The molecule has 48 heavy (non-hydrogen) atoms. The summed E-state index contributed by atoms with van der Waals surface area (Å²) in [4.78, 5) is 37.4. The molecule has 0 bridgehead atoms. The minimum atomic E-state index is -0.0303. The summed E-state index contributed by atoms with van der Waals surface area (Å²) in [5.41, 5.74) is 6.34. The van der Waals surface area contributed by atoms with Crippen LogP contribution < -0.4 is 0 Å². The first kappa shape index (κ1) is 31.7. The summed E-state index contributed by atoms with van der Waals surface area (Å²) in [6.45, 7) is 5.49. The van der Waals surface area contributed by atoms with Crippen molar-refractivity contribution in [2.45, 2.75) is 38.9 Å². The third kappa shape index (κ3) is 6.60. The smallest absolute Gasteiger partial charge is 0.320 e. The van der Waals surface area contributed by atoms with Crippen LogP contribution in [0.5, 0.6) is 0 Å². The second-order valence-electron chi connectivity index (χ2n) is 13.2. The lowest BCUT2D eigenvalue weighted by atomic mass is 9.96. The maximum absolute atomic E-state index is 13.8. The van der Waals surface area contributed by atoms with Gasteiger partial charge in [0.2, 0.25) is 0 Å². The molecule has 1 fully saturated rings. The zero-order valence-corrected chi connectivity index (χ0v) is 27.9. The number of hydrogen-bond acceptors (Lipinski definition) is 4. The Morgan fingerprint density at radius 3 is 2.50 bits per heavy atom. The van der Waals surface area contributed by atoms with Crippen molar-refractivity contribution in [2.24, 2.45) is 5.92 Å². The number of nitrogens with zero attached hydrogens (tertiary/aromatic N) is 6. The lowest BCUT2D eigenvalue weighted by molar-refractivity contribution is 0.0745. The second-order valence-corrected chi connectivity index (χ2v) is 13.2. The minimum Gasteiger partial charge on any atom is -0.383 e. The Morgan fingerprint density at radius 1 is 0.896 bits per heavy atom. The van der Waals surface area contributed by atoms with Crippen molar-refractivity contribution in [3.8, 4) is 11.1 Å². The Bertz CT molecular complexity index is 1900. The number of rotatable bonds is 9. The van der Waals surface area contributed by atoms with Crippen molar-refractivity contribution in [3.63, 3.8) is 0 Å². The number of likely N-dealkylation sites (tertiary alicyclic amines) is 1. The Morgan fingerprint density at radius 2 is 1.67 bits per heavy atom. The summed E-state index contributed by atoms with van der Waals surface area (Å²) < 4.78 is 9.60. The molecule has 9 nitrogen and oxygen atoms in total. The van der Waals surface area contributed by atoms with Gasteiger partial charge in [0.15, 0.2) is 0 Å². The molecule has 9 heteroatoms. The van der Waals surface area contributed by atoms with E-state index in [-0.39, 0.29) is 11.9 Å². The first-order valence-corrected chi connectivity index (χ1v) is 17.0. The largest absolute Gasteiger partial charge is 0.383 e. The molecule has 1 saturated heterocycles. The average molecular weight is 645 g/mol. The van der Waals surface area contributed by atoms with Crippen LogP contribution in [0.15, 0.2) is 91.6 Å². The Hall–Kier alpha value is -4.89. The van der Waals surface area contributed by atoms with E-state index in [4.69, 9.17) is 4.74 Å². The van der Waals surface area contributed by atoms with Crippen molar-refractivity contribution < 1.29 is 14.3 Å². The van der Waals surface area contributed by atoms with E-state index in [2.05, 4.69) is 74.9 Å². The third-order valence-corrected chi connectivity index (χ3v) is 10.1. The fraction of sp³-hybridized carbons (Fsp3) is 0.359. The summed E-state index contributed by atoms with van der Waals surface area (Å²) in [6.07, 6.45) is 10.8. The van der Waals surface area contributed by atoms with E-state index in [1.165, 1.54) is 11.1 Å². The summed E-state index contributed by atoms with van der Waals surface area (Å²) in [6, 6.07) is 23.2. The van der Waals surface area contributed by atoms with Crippen molar-refractivity contribution in [2.75, 3.05) is 46.9 Å². The number of urea groups is 1. The quantitative estimate of drug-likeness (QED) is 0.193. The van der Waals surface area contributed by atoms with Gasteiger partial charge in [0.05, 0.1) is 30.7 Å². The molecular weight excluding hydrogens is 600 g/mol. The van der Waals surface area contributed by atoms with E-state index in [0.717, 1.165) is 73.0 Å². The van der Waals surface area contributed by atoms with Crippen LogP contribution in [0.3, 0.4) is 0 Å². The van der Waals surface area contributed by atoms with E-state index in [0.29, 0.717) is 37.7 Å². The number of benzene rings is 3. The summed E-state index contributed by atoms with van der Waals surface area (Å²) >= 11 is 0. The molecule has 3 amide bonds. The predicted molar refractivity (Wildman–Crippen MR) is 188 cm³/mol. The second kappa shape index (κ2) is 14.1. The molecule has 0 unspecified atom stereocenters. The van der Waals surface area contributed by atoms with Crippen molar-refractivity contribution >= 4 is 22.7 Å². The molecule has 0 atom stereocenters. The number of carbonyl (C=O) groups is 2. The highest BCUT2D eigenvalue weighted by molar-refractivity contribution is 6.06. The molecule has 0 saturated carbocycles. The molecule has 248 valence electrons. The van der Waals surface area contributed by atoms with Gasteiger partial charge >= 0.3 is 6.03 Å². The van der Waals surface area contributed by atoms with Crippen molar-refractivity contribution in [1.29, 1.82) is 0 Å². The number of carbonyl (C=O) groups excluding carboxylic acids is 2. The van der Waals surface area contributed by atoms with Gasteiger partial charge in [-0.1, -0.05) is 66.7 Å². The minimum absolute atomic E-state index is 0.0303. The fourth-order valence-corrected chi connectivity index (χ4v) is 7.26. The van der Waals surface area contributed by atoms with Crippen LogP contribution >= 0.6 is 0 Å². The average Bonchev–Trinajstić information content (AvgIpc) is 3.76. The van der Waals surface area contributed by atoms with E-state index >= 15 is 0 Å². The van der Waals surface area contributed by atoms with Gasteiger partial charge in [0.25, 0.3) is 5.91 Å². The fourth-order valence-electron chi connectivity index (χ4n) is 7.26. The van der Waals surface area contributed by atoms with Gasteiger partial charge in [-0.2, -0.15) is 0 Å². The normalized spacial score (nSPS) is 15.1. The molecule has 2 aliphatic rings. The monoisotopic (exact) mass is 644 g/mol. The summed E-state index contributed by atoms with van der Waals surface area (Å²) in [5, 5.41) is 2.26. The lowest BCUT2D eigenvalue weighted by Gasteiger charge is -2.37. The Labute approximate surface area is 282 Å². The van der Waals surface area contributed by atoms with Gasteiger partial charge in [-0.05, 0) is 52.6 Å². The molecule has 7 rings (SSSR count). The zero-order chi connectivity index (χ0) is 33.0. The number of imidazole rings is 1. The molecule has 0 N–H and O–H groups in total. The molecule has 4 heterocycles. The van der Waals surface area contributed by atoms with Crippen molar-refractivity contribution in [3.05, 3.63) is 114 Å². The highest BCUT2D eigenvalue weighted by Gasteiger charge is 2.29. The van der Waals surface area contributed by atoms with E-state index in [1.807, 2.05) is 47.7 Å². The van der Waals surface area contributed by atoms with Gasteiger partial charge in [-0.3, -0.25) is 4.79 Å². The number of amides is 3. The number of aromatic nitrogens is 3. The highest BCUT2D eigenvalue weighted by atomic mass is 16.5. The maximum atomic E-state index is 13.8. The van der Waals surface area contributed by atoms with Crippen LogP contribution in [0, 0.1) is 5.92 Å².